The van der Waals surface area contributed by atoms with Gasteiger partial charge < -0.3 is 0 Å². The molecule has 2 aromatic rings. The lowest BCUT2D eigenvalue weighted by Gasteiger charge is -1.96. The van der Waals surface area contributed by atoms with E-state index < -0.39 is 6.43 Å². The van der Waals surface area contributed by atoms with Gasteiger partial charge in [0.05, 0.1) is 4.88 Å². The maximum Gasteiger partial charge on any atom is 0.272 e. The van der Waals surface area contributed by atoms with Gasteiger partial charge in [-0.2, -0.15) is 0 Å². The van der Waals surface area contributed by atoms with Crippen LogP contribution in [-0.2, 0) is 0 Å². The summed E-state index contributed by atoms with van der Waals surface area (Å²) in [6, 6.07) is 5.38. The molecular formula is C10H7BrF2S. The predicted molar refractivity (Wildman–Crippen MR) is 59.2 cm³/mol. The molecule has 0 amide bonds. The van der Waals surface area contributed by atoms with E-state index in [0.29, 0.717) is 0 Å². The Kier molecular flexibility index (Phi) is 2.58. The molecule has 0 aliphatic heterocycles. The van der Waals surface area contributed by atoms with Gasteiger partial charge in [0.15, 0.2) is 0 Å². The largest absolute Gasteiger partial charge is 0.272 e. The summed E-state index contributed by atoms with van der Waals surface area (Å²) in [6.07, 6.45) is -2.37. The fourth-order valence-corrected chi connectivity index (χ4v) is 3.16. The van der Waals surface area contributed by atoms with Crippen LogP contribution in [0.1, 0.15) is 16.9 Å². The Morgan fingerprint density at radius 2 is 2.00 bits per heavy atom. The molecule has 14 heavy (non-hydrogen) atoms. The van der Waals surface area contributed by atoms with Crippen molar-refractivity contribution in [1.29, 1.82) is 0 Å². The second-order valence-corrected chi connectivity index (χ2v) is 5.11. The molecule has 2 rings (SSSR count). The zero-order chi connectivity index (χ0) is 10.3. The molecule has 0 nitrogen and oxygen atoms in total. The van der Waals surface area contributed by atoms with Crippen molar-refractivity contribution in [1.82, 2.24) is 0 Å². The topological polar surface area (TPSA) is 0 Å². The summed E-state index contributed by atoms with van der Waals surface area (Å²) in [5.74, 6) is 0. The summed E-state index contributed by atoms with van der Waals surface area (Å²) in [5.41, 5.74) is 1.03. The van der Waals surface area contributed by atoms with E-state index in [-0.39, 0.29) is 4.88 Å². The highest BCUT2D eigenvalue weighted by atomic mass is 79.9. The molecule has 0 saturated heterocycles. The Morgan fingerprint density at radius 1 is 1.29 bits per heavy atom. The van der Waals surface area contributed by atoms with E-state index in [1.165, 1.54) is 0 Å². The Hall–Kier alpha value is -0.480. The summed E-state index contributed by atoms with van der Waals surface area (Å²) in [7, 11) is 0. The molecule has 74 valence electrons. The molecule has 0 radical (unpaired) electrons. The number of halogens is 3. The van der Waals surface area contributed by atoms with Crippen molar-refractivity contribution in [2.24, 2.45) is 0 Å². The summed E-state index contributed by atoms with van der Waals surface area (Å²) in [5, 5.41) is 0.925. The molecule has 1 heterocycles. The first-order valence-corrected chi connectivity index (χ1v) is 5.66. The van der Waals surface area contributed by atoms with Crippen molar-refractivity contribution in [2.75, 3.05) is 0 Å². The van der Waals surface area contributed by atoms with Gasteiger partial charge in [-0.3, -0.25) is 0 Å². The Labute approximate surface area is 92.7 Å². The van der Waals surface area contributed by atoms with E-state index in [9.17, 15) is 8.78 Å². The number of alkyl halides is 2. The molecule has 0 bridgehead atoms. The minimum atomic E-state index is -2.37. The van der Waals surface area contributed by atoms with Gasteiger partial charge in [0, 0.05) is 9.17 Å². The van der Waals surface area contributed by atoms with Crippen LogP contribution in [0.5, 0.6) is 0 Å². The minimum absolute atomic E-state index is 0.140. The second kappa shape index (κ2) is 3.59. The molecule has 0 saturated carbocycles. The second-order valence-electron chi connectivity index (χ2n) is 3.08. The molecule has 0 unspecified atom stereocenters. The lowest BCUT2D eigenvalue weighted by atomic mass is 10.1. The van der Waals surface area contributed by atoms with Crippen molar-refractivity contribution < 1.29 is 8.78 Å². The molecule has 0 aliphatic rings. The quantitative estimate of drug-likeness (QED) is 0.694. The van der Waals surface area contributed by atoms with Crippen molar-refractivity contribution in [3.8, 4) is 0 Å². The molecule has 1 aromatic carbocycles. The molecule has 4 heteroatoms. The van der Waals surface area contributed by atoms with Crippen LogP contribution < -0.4 is 0 Å². The van der Waals surface area contributed by atoms with Gasteiger partial charge in [0.25, 0.3) is 6.43 Å². The van der Waals surface area contributed by atoms with Crippen molar-refractivity contribution in [3.63, 3.8) is 0 Å². The first kappa shape index (κ1) is 10.1. The number of hydrogen-bond acceptors (Lipinski definition) is 1. The normalized spacial score (nSPS) is 11.5. The fourth-order valence-electron chi connectivity index (χ4n) is 1.40. The Morgan fingerprint density at radius 3 is 2.64 bits per heavy atom. The molecule has 0 fully saturated rings. The first-order valence-electron chi connectivity index (χ1n) is 4.05. The van der Waals surface area contributed by atoms with Crippen molar-refractivity contribution in [3.05, 3.63) is 33.1 Å². The SMILES string of the molecule is Cc1cc(Br)cc2sc(C(F)F)cc12. The smallest absolute Gasteiger partial charge is 0.204 e. The maximum atomic E-state index is 12.4. The van der Waals surface area contributed by atoms with Crippen LogP contribution in [-0.4, -0.2) is 0 Å². The standard InChI is InChI=1S/C10H7BrF2S/c1-5-2-6(11)3-8-7(5)4-9(14-8)10(12)13/h2-4,10H,1H3. The van der Waals surface area contributed by atoms with E-state index in [1.54, 1.807) is 6.07 Å². The van der Waals surface area contributed by atoms with Crippen LogP contribution in [0, 0.1) is 6.92 Å². The number of fused-ring (bicyclic) bond motifs is 1. The van der Waals surface area contributed by atoms with E-state index in [0.717, 1.165) is 31.5 Å². The summed E-state index contributed by atoms with van der Waals surface area (Å²) in [4.78, 5) is 0.140. The van der Waals surface area contributed by atoms with Crippen LogP contribution in [0.4, 0.5) is 8.78 Å². The highest BCUT2D eigenvalue weighted by molar-refractivity contribution is 9.10. The molecule has 0 N–H and O–H groups in total. The first-order chi connectivity index (χ1) is 6.58. The van der Waals surface area contributed by atoms with E-state index in [1.807, 2.05) is 19.1 Å². The summed E-state index contributed by atoms with van der Waals surface area (Å²) < 4.78 is 26.7. The third-order valence-corrected chi connectivity index (χ3v) is 3.59. The molecular weight excluding hydrogens is 270 g/mol. The minimum Gasteiger partial charge on any atom is -0.204 e. The van der Waals surface area contributed by atoms with E-state index in [2.05, 4.69) is 15.9 Å². The third-order valence-electron chi connectivity index (χ3n) is 2.04. The summed E-state index contributed by atoms with van der Waals surface area (Å²) >= 11 is 4.50. The van der Waals surface area contributed by atoms with Crippen molar-refractivity contribution in [2.45, 2.75) is 13.3 Å². The predicted octanol–water partition coefficient (Wildman–Crippen LogP) is 4.91. The lowest BCUT2D eigenvalue weighted by Crippen LogP contribution is -1.74. The van der Waals surface area contributed by atoms with Gasteiger partial charge in [0.2, 0.25) is 0 Å². The number of benzene rings is 1. The Bertz CT molecular complexity index is 476. The molecule has 0 spiro atoms. The highest BCUT2D eigenvalue weighted by Gasteiger charge is 2.12. The fraction of sp³-hybridized carbons (Fsp3) is 0.200. The zero-order valence-electron chi connectivity index (χ0n) is 7.35. The summed E-state index contributed by atoms with van der Waals surface area (Å²) in [6.45, 7) is 1.93. The van der Waals surface area contributed by atoms with Crippen LogP contribution in [0.15, 0.2) is 22.7 Å². The van der Waals surface area contributed by atoms with E-state index >= 15 is 0 Å². The lowest BCUT2D eigenvalue weighted by molar-refractivity contribution is 0.156. The van der Waals surface area contributed by atoms with Crippen molar-refractivity contribution >= 4 is 37.4 Å². The van der Waals surface area contributed by atoms with Gasteiger partial charge in [-0.15, -0.1) is 11.3 Å². The Balaban J connectivity index is 2.70. The molecule has 1 aromatic heterocycles. The average molecular weight is 277 g/mol. The number of hydrogen-bond donors (Lipinski definition) is 0. The van der Waals surface area contributed by atoms with Crippen LogP contribution >= 0.6 is 27.3 Å². The molecule has 0 aliphatic carbocycles. The number of thiophene rings is 1. The third kappa shape index (κ3) is 1.68. The molecule has 0 atom stereocenters. The maximum absolute atomic E-state index is 12.4. The number of rotatable bonds is 1. The van der Waals surface area contributed by atoms with Crippen LogP contribution in [0.3, 0.4) is 0 Å². The zero-order valence-corrected chi connectivity index (χ0v) is 9.75. The van der Waals surface area contributed by atoms with Gasteiger partial charge in [-0.25, -0.2) is 8.78 Å². The monoisotopic (exact) mass is 276 g/mol. The van der Waals surface area contributed by atoms with Gasteiger partial charge in [-0.05, 0) is 36.1 Å². The van der Waals surface area contributed by atoms with E-state index in [4.69, 9.17) is 0 Å². The van der Waals surface area contributed by atoms with Crippen LogP contribution in [0.25, 0.3) is 10.1 Å². The van der Waals surface area contributed by atoms with Gasteiger partial charge >= 0.3 is 0 Å². The number of aryl methyl sites for hydroxylation is 1. The average Bonchev–Trinajstić information content (AvgIpc) is 2.47. The van der Waals surface area contributed by atoms with Crippen LogP contribution in [0.2, 0.25) is 0 Å². The highest BCUT2D eigenvalue weighted by Crippen LogP contribution is 2.35. The van der Waals surface area contributed by atoms with Gasteiger partial charge in [0.1, 0.15) is 0 Å². The van der Waals surface area contributed by atoms with Gasteiger partial charge in [-0.1, -0.05) is 15.9 Å².